The van der Waals surface area contributed by atoms with Crippen molar-refractivity contribution >= 4 is 0 Å². The van der Waals surface area contributed by atoms with Crippen molar-refractivity contribution in [3.8, 4) is 0 Å². The maximum atomic E-state index is 13.2. The molecule has 1 aliphatic rings. The third-order valence-corrected chi connectivity index (χ3v) is 2.50. The molecule has 4 heteroatoms. The van der Waals surface area contributed by atoms with E-state index in [0.29, 0.717) is 6.54 Å². The molecule has 1 nitrogen and oxygen atoms in total. The third-order valence-electron chi connectivity index (χ3n) is 2.50. The van der Waals surface area contributed by atoms with Gasteiger partial charge in [0.2, 0.25) is 0 Å². The van der Waals surface area contributed by atoms with Crippen LogP contribution in [0.4, 0.5) is 13.2 Å². The number of nitrogens with one attached hydrogen (secondary N) is 1. The topological polar surface area (TPSA) is 12.0 Å². The van der Waals surface area contributed by atoms with Gasteiger partial charge in [-0.05, 0) is 23.8 Å². The number of rotatable bonds is 1. The molecule has 0 aromatic heterocycles. The second kappa shape index (κ2) is 3.61. The van der Waals surface area contributed by atoms with Crippen LogP contribution in [-0.4, -0.2) is 19.3 Å². The smallest absolute Gasteiger partial charge is 0.127 e. The zero-order valence-electron chi connectivity index (χ0n) is 7.43. The van der Waals surface area contributed by atoms with Gasteiger partial charge in [0.15, 0.2) is 0 Å². The van der Waals surface area contributed by atoms with E-state index < -0.39 is 23.7 Å². The summed E-state index contributed by atoms with van der Waals surface area (Å²) in [7, 11) is 0. The van der Waals surface area contributed by atoms with Crippen LogP contribution in [0.1, 0.15) is 11.5 Å². The summed E-state index contributed by atoms with van der Waals surface area (Å²) in [6.45, 7) is 0.572. The second-order valence-electron chi connectivity index (χ2n) is 3.45. The lowest BCUT2D eigenvalue weighted by Gasteiger charge is -2.12. The summed E-state index contributed by atoms with van der Waals surface area (Å²) in [6.07, 6.45) is -1.13. The molecule has 0 aliphatic carbocycles. The molecule has 1 heterocycles. The molecule has 0 saturated carbocycles. The first-order chi connectivity index (χ1) is 6.68. The molecule has 0 amide bonds. The lowest BCUT2D eigenvalue weighted by molar-refractivity contribution is 0.327. The average Bonchev–Trinajstić information content (AvgIpc) is 2.56. The molecule has 1 aromatic rings. The first-order valence-electron chi connectivity index (χ1n) is 4.48. The summed E-state index contributed by atoms with van der Waals surface area (Å²) in [5.41, 5.74) is 0.127. The molecule has 2 unspecified atom stereocenters. The number of halogens is 3. The molecule has 2 atom stereocenters. The zero-order valence-corrected chi connectivity index (χ0v) is 7.43. The summed E-state index contributed by atoms with van der Waals surface area (Å²) in [4.78, 5) is 0. The van der Waals surface area contributed by atoms with Gasteiger partial charge in [-0.2, -0.15) is 0 Å². The Morgan fingerprint density at radius 3 is 2.64 bits per heavy atom. The van der Waals surface area contributed by atoms with Crippen LogP contribution in [0, 0.1) is 11.6 Å². The number of alkyl halides is 1. The van der Waals surface area contributed by atoms with E-state index in [-0.39, 0.29) is 12.1 Å². The highest BCUT2D eigenvalue weighted by Crippen LogP contribution is 2.27. The highest BCUT2D eigenvalue weighted by molar-refractivity contribution is 5.25. The minimum Gasteiger partial charge on any atom is -0.313 e. The van der Waals surface area contributed by atoms with Crippen LogP contribution in [0.15, 0.2) is 18.2 Å². The Morgan fingerprint density at radius 2 is 2.00 bits per heavy atom. The lowest BCUT2D eigenvalue weighted by Crippen LogP contribution is -2.12. The molecular weight excluding hydrogens is 191 g/mol. The van der Waals surface area contributed by atoms with Gasteiger partial charge in [0.05, 0.1) is 0 Å². The Labute approximate surface area is 79.9 Å². The molecule has 0 spiro atoms. The molecule has 1 fully saturated rings. The van der Waals surface area contributed by atoms with Crippen molar-refractivity contribution in [1.29, 1.82) is 0 Å². The van der Waals surface area contributed by atoms with Gasteiger partial charge in [-0.15, -0.1) is 0 Å². The first-order valence-corrected chi connectivity index (χ1v) is 4.48. The van der Waals surface area contributed by atoms with Crippen LogP contribution in [0.3, 0.4) is 0 Å². The third kappa shape index (κ3) is 1.62. The number of benzene rings is 1. The highest BCUT2D eigenvalue weighted by atomic mass is 19.1. The minimum absolute atomic E-state index is 0.127. The molecule has 0 bridgehead atoms. The summed E-state index contributed by atoms with van der Waals surface area (Å²) >= 11 is 0. The SMILES string of the molecule is Fc1ccc(F)c(C2CNCC2F)c1. The van der Waals surface area contributed by atoms with Gasteiger partial charge < -0.3 is 5.32 Å². The van der Waals surface area contributed by atoms with Crippen molar-refractivity contribution in [1.82, 2.24) is 5.32 Å². The van der Waals surface area contributed by atoms with Crippen molar-refractivity contribution in [2.24, 2.45) is 0 Å². The predicted molar refractivity (Wildman–Crippen MR) is 46.9 cm³/mol. The van der Waals surface area contributed by atoms with Crippen molar-refractivity contribution < 1.29 is 13.2 Å². The Kier molecular flexibility index (Phi) is 2.46. The predicted octanol–water partition coefficient (Wildman–Crippen LogP) is 1.99. The van der Waals surface area contributed by atoms with E-state index in [2.05, 4.69) is 5.32 Å². The van der Waals surface area contributed by atoms with Crippen molar-refractivity contribution in [2.45, 2.75) is 12.1 Å². The molecule has 0 radical (unpaired) electrons. The summed E-state index contributed by atoms with van der Waals surface area (Å²) in [5, 5.41) is 2.80. The quantitative estimate of drug-likeness (QED) is 0.732. The van der Waals surface area contributed by atoms with E-state index in [1.165, 1.54) is 0 Å². The average molecular weight is 201 g/mol. The zero-order chi connectivity index (χ0) is 10.1. The normalized spacial score (nSPS) is 26.8. The Hall–Kier alpha value is -1.03. The Bertz CT molecular complexity index is 340. The van der Waals surface area contributed by atoms with Crippen molar-refractivity contribution in [3.63, 3.8) is 0 Å². The summed E-state index contributed by atoms with van der Waals surface area (Å²) in [6, 6.07) is 3.14. The lowest BCUT2D eigenvalue weighted by atomic mass is 9.96. The van der Waals surface area contributed by atoms with Crippen LogP contribution < -0.4 is 5.32 Å². The van der Waals surface area contributed by atoms with E-state index in [0.717, 1.165) is 18.2 Å². The minimum atomic E-state index is -1.13. The van der Waals surface area contributed by atoms with Gasteiger partial charge in [0, 0.05) is 19.0 Å². The molecule has 1 aromatic carbocycles. The maximum Gasteiger partial charge on any atom is 0.127 e. The van der Waals surface area contributed by atoms with Crippen molar-refractivity contribution in [2.75, 3.05) is 13.1 Å². The fourth-order valence-corrected chi connectivity index (χ4v) is 1.75. The van der Waals surface area contributed by atoms with E-state index in [1.807, 2.05) is 0 Å². The van der Waals surface area contributed by atoms with Crippen LogP contribution in [0.25, 0.3) is 0 Å². The maximum absolute atomic E-state index is 13.2. The first kappa shape index (κ1) is 9.52. The molecule has 2 rings (SSSR count). The van der Waals surface area contributed by atoms with Gasteiger partial charge in [-0.25, -0.2) is 13.2 Å². The van der Waals surface area contributed by atoms with Crippen LogP contribution in [0.5, 0.6) is 0 Å². The molecule has 1 N–H and O–H groups in total. The van der Waals surface area contributed by atoms with Crippen molar-refractivity contribution in [3.05, 3.63) is 35.4 Å². The highest BCUT2D eigenvalue weighted by Gasteiger charge is 2.30. The fourth-order valence-electron chi connectivity index (χ4n) is 1.75. The van der Waals surface area contributed by atoms with Crippen LogP contribution >= 0.6 is 0 Å². The number of hydrogen-bond acceptors (Lipinski definition) is 1. The Morgan fingerprint density at radius 1 is 1.21 bits per heavy atom. The molecular formula is C10H10F3N. The largest absolute Gasteiger partial charge is 0.313 e. The van der Waals surface area contributed by atoms with E-state index in [9.17, 15) is 13.2 Å². The fraction of sp³-hybridized carbons (Fsp3) is 0.400. The molecule has 1 aliphatic heterocycles. The van der Waals surface area contributed by atoms with Crippen LogP contribution in [-0.2, 0) is 0 Å². The standard InChI is InChI=1S/C10H10F3N/c11-6-1-2-9(12)7(3-6)8-4-14-5-10(8)13/h1-3,8,10,14H,4-5H2. The van der Waals surface area contributed by atoms with E-state index in [1.54, 1.807) is 0 Å². The van der Waals surface area contributed by atoms with E-state index in [4.69, 9.17) is 0 Å². The molecule has 76 valence electrons. The van der Waals surface area contributed by atoms with Gasteiger partial charge >= 0.3 is 0 Å². The second-order valence-corrected chi connectivity index (χ2v) is 3.45. The summed E-state index contributed by atoms with van der Waals surface area (Å²) < 4.78 is 39.3. The Balaban J connectivity index is 2.34. The van der Waals surface area contributed by atoms with Crippen LogP contribution in [0.2, 0.25) is 0 Å². The molecule has 1 saturated heterocycles. The van der Waals surface area contributed by atoms with Gasteiger partial charge in [-0.3, -0.25) is 0 Å². The van der Waals surface area contributed by atoms with Gasteiger partial charge in [-0.1, -0.05) is 0 Å². The van der Waals surface area contributed by atoms with Gasteiger partial charge in [0.25, 0.3) is 0 Å². The number of hydrogen-bond donors (Lipinski definition) is 1. The monoisotopic (exact) mass is 201 g/mol. The molecule has 14 heavy (non-hydrogen) atoms. The van der Waals surface area contributed by atoms with Gasteiger partial charge in [0.1, 0.15) is 17.8 Å². The summed E-state index contributed by atoms with van der Waals surface area (Å²) in [5.74, 6) is -1.63. The van der Waals surface area contributed by atoms with E-state index >= 15 is 0 Å².